The number of rotatable bonds is 16. The van der Waals surface area contributed by atoms with Crippen LogP contribution in [0.2, 0.25) is 0 Å². The molecule has 0 radical (unpaired) electrons. The van der Waals surface area contributed by atoms with Gasteiger partial charge < -0.3 is 27.6 Å². The van der Waals surface area contributed by atoms with Gasteiger partial charge in [0, 0.05) is 31.8 Å². The van der Waals surface area contributed by atoms with Gasteiger partial charge in [-0.2, -0.15) is 5.26 Å². The molecule has 13 heteroatoms. The maximum absolute atomic E-state index is 13.3. The van der Waals surface area contributed by atoms with Crippen molar-refractivity contribution < 1.29 is 36.9 Å². The van der Waals surface area contributed by atoms with E-state index in [1.54, 1.807) is 13.8 Å². The van der Waals surface area contributed by atoms with Gasteiger partial charge in [0.1, 0.15) is 7.85 Å². The summed E-state index contributed by atoms with van der Waals surface area (Å²) in [6.07, 6.45) is 0.282. The monoisotopic (exact) mass is 522 g/mol. The summed E-state index contributed by atoms with van der Waals surface area (Å²) < 4.78 is 50.2. The molecule has 0 N–H and O–H groups in total. The van der Waals surface area contributed by atoms with Crippen LogP contribution in [0.3, 0.4) is 0 Å². The normalized spacial score (nSPS) is 22.8. The average molecular weight is 522 g/mol. The van der Waals surface area contributed by atoms with E-state index in [1.807, 2.05) is 7.85 Å². The molecule has 0 amide bonds. The molecule has 0 aromatic heterocycles. The minimum atomic E-state index is -3.69. The molecular formula is C21H41BN2O8P2. The molecule has 10 nitrogen and oxygen atoms in total. The molecular weight excluding hydrogens is 481 g/mol. The summed E-state index contributed by atoms with van der Waals surface area (Å²) in [6.45, 7) is 13.6. The first-order valence-electron chi connectivity index (χ1n) is 11.9. The van der Waals surface area contributed by atoms with Crippen LogP contribution in [-0.2, 0) is 36.9 Å². The van der Waals surface area contributed by atoms with E-state index < -0.39 is 27.9 Å². The van der Waals surface area contributed by atoms with E-state index in [0.717, 1.165) is 0 Å². The molecule has 34 heavy (non-hydrogen) atoms. The molecule has 2 unspecified atom stereocenters. The lowest BCUT2D eigenvalue weighted by atomic mass is 9.94. The summed E-state index contributed by atoms with van der Waals surface area (Å²) in [5, 5.41) is 8.91. The van der Waals surface area contributed by atoms with E-state index in [-0.39, 0.29) is 63.0 Å². The molecule has 0 aliphatic carbocycles. The Morgan fingerprint density at radius 3 is 2.29 bits per heavy atom. The second-order valence-corrected chi connectivity index (χ2v) is 12.1. The van der Waals surface area contributed by atoms with E-state index >= 15 is 0 Å². The number of carbonyl (C=O) groups excluding carboxylic acids is 1. The summed E-state index contributed by atoms with van der Waals surface area (Å²) in [7, 11) is -3.20. The summed E-state index contributed by atoms with van der Waals surface area (Å²) >= 11 is 0. The summed E-state index contributed by atoms with van der Waals surface area (Å²) in [5.74, 6) is -1.64. The Hall–Kier alpha value is -0.555. The van der Waals surface area contributed by atoms with Crippen LogP contribution in [0.25, 0.3) is 0 Å². The van der Waals surface area contributed by atoms with Crippen molar-refractivity contribution in [2.24, 2.45) is 0 Å². The van der Waals surface area contributed by atoms with Gasteiger partial charge in [0.25, 0.3) is 8.53 Å². The SMILES string of the molecule is B[C@@H]1O[C@H](CC(OC(C)=O)P(=O)(OCC)OCC)C[C@@H]1OP(OCCC#N)N(C(C)C)C(C)C. The van der Waals surface area contributed by atoms with Crippen molar-refractivity contribution in [1.82, 2.24) is 4.67 Å². The topological polar surface area (TPSA) is 117 Å². The number of carbonyl (C=O) groups is 1. The van der Waals surface area contributed by atoms with Crippen molar-refractivity contribution in [3.8, 4) is 6.07 Å². The first-order valence-corrected chi connectivity index (χ1v) is 14.7. The van der Waals surface area contributed by atoms with Crippen LogP contribution in [0.15, 0.2) is 0 Å². The molecule has 1 saturated heterocycles. The van der Waals surface area contributed by atoms with Crippen LogP contribution in [0, 0.1) is 11.3 Å². The molecule has 1 rings (SSSR count). The quantitative estimate of drug-likeness (QED) is 0.128. The molecule has 196 valence electrons. The van der Waals surface area contributed by atoms with Crippen LogP contribution >= 0.6 is 16.1 Å². The third-order valence-corrected chi connectivity index (χ3v) is 9.46. The van der Waals surface area contributed by atoms with Gasteiger partial charge in [-0.25, -0.2) is 4.67 Å². The maximum atomic E-state index is 13.3. The van der Waals surface area contributed by atoms with Crippen molar-refractivity contribution >= 4 is 29.9 Å². The highest BCUT2D eigenvalue weighted by Gasteiger charge is 2.44. The van der Waals surface area contributed by atoms with Gasteiger partial charge in [0.2, 0.25) is 5.85 Å². The smallest absolute Gasteiger partial charge is 0.371 e. The van der Waals surface area contributed by atoms with E-state index in [2.05, 4.69) is 38.4 Å². The second-order valence-electron chi connectivity index (χ2n) is 8.56. The predicted molar refractivity (Wildman–Crippen MR) is 133 cm³/mol. The first-order chi connectivity index (χ1) is 16.0. The molecule has 1 fully saturated rings. The van der Waals surface area contributed by atoms with Crippen molar-refractivity contribution in [2.75, 3.05) is 19.8 Å². The van der Waals surface area contributed by atoms with E-state index in [4.69, 9.17) is 32.8 Å². The van der Waals surface area contributed by atoms with Crippen molar-refractivity contribution in [3.05, 3.63) is 0 Å². The Balaban J connectivity index is 2.99. The Labute approximate surface area is 206 Å². The largest absolute Gasteiger partial charge is 0.449 e. The molecule has 1 heterocycles. The maximum Gasteiger partial charge on any atom is 0.371 e. The zero-order valence-corrected chi connectivity index (χ0v) is 23.6. The highest BCUT2D eigenvalue weighted by atomic mass is 31.2. The third-order valence-electron chi connectivity index (χ3n) is 5.05. The van der Waals surface area contributed by atoms with E-state index in [1.165, 1.54) is 6.92 Å². The highest BCUT2D eigenvalue weighted by Crippen LogP contribution is 2.56. The number of esters is 1. The van der Waals surface area contributed by atoms with Crippen molar-refractivity contribution in [1.29, 1.82) is 5.26 Å². The third kappa shape index (κ3) is 9.83. The lowest BCUT2D eigenvalue weighted by molar-refractivity contribution is -0.144. The average Bonchev–Trinajstić information content (AvgIpc) is 3.06. The number of nitriles is 1. The molecule has 0 saturated carbocycles. The van der Waals surface area contributed by atoms with Crippen LogP contribution in [0.1, 0.15) is 67.7 Å². The summed E-state index contributed by atoms with van der Waals surface area (Å²) in [6, 6.07) is 2.20. The summed E-state index contributed by atoms with van der Waals surface area (Å²) in [4.78, 5) is 11.7. The Kier molecular flexibility index (Phi) is 14.4. The lowest BCUT2D eigenvalue weighted by Gasteiger charge is -2.37. The first kappa shape index (κ1) is 31.5. The Morgan fingerprint density at radius 2 is 1.82 bits per heavy atom. The molecule has 0 aromatic rings. The number of nitrogens with zero attached hydrogens (tertiary/aromatic N) is 2. The van der Waals surface area contributed by atoms with Gasteiger partial charge in [0.05, 0.1) is 50.5 Å². The predicted octanol–water partition coefficient (Wildman–Crippen LogP) is 3.94. The van der Waals surface area contributed by atoms with Crippen molar-refractivity contribution in [3.63, 3.8) is 0 Å². The van der Waals surface area contributed by atoms with Gasteiger partial charge in [-0.05, 0) is 41.5 Å². The van der Waals surface area contributed by atoms with Gasteiger partial charge in [-0.15, -0.1) is 0 Å². The van der Waals surface area contributed by atoms with Gasteiger partial charge >= 0.3 is 13.6 Å². The van der Waals surface area contributed by atoms with Gasteiger partial charge in [0.15, 0.2) is 0 Å². The lowest BCUT2D eigenvalue weighted by Crippen LogP contribution is -2.36. The van der Waals surface area contributed by atoms with Crippen molar-refractivity contribution in [2.45, 2.75) is 104 Å². The van der Waals surface area contributed by atoms with Crippen LogP contribution in [0.5, 0.6) is 0 Å². The van der Waals surface area contributed by atoms with Crippen LogP contribution in [0.4, 0.5) is 0 Å². The minimum Gasteiger partial charge on any atom is -0.449 e. The Bertz CT molecular complexity index is 691. The molecule has 0 aromatic carbocycles. The number of ether oxygens (including phenoxy) is 2. The fraction of sp³-hybridized carbons (Fsp3) is 0.905. The molecule has 0 spiro atoms. The van der Waals surface area contributed by atoms with Crippen LogP contribution < -0.4 is 0 Å². The fourth-order valence-corrected chi connectivity index (χ4v) is 7.50. The fourth-order valence-electron chi connectivity index (χ4n) is 3.81. The molecule has 0 bridgehead atoms. The standard InChI is InChI=1S/C21H41BN2O8P2/c1-8-28-34(26,29-9-2)20(30-17(7)25)14-18-13-19(21(22)31-18)32-33(27-12-10-11-23)24(15(3)4)16(5)6/h15-16,18-21H,8-10,12-14,22H2,1-7H3/t18-,19-,20?,21+,33?/m0/s1. The van der Waals surface area contributed by atoms with E-state index in [0.29, 0.717) is 6.42 Å². The van der Waals surface area contributed by atoms with Gasteiger partial charge in [-0.1, -0.05) is 0 Å². The number of hydrogen-bond acceptors (Lipinski definition) is 10. The highest BCUT2D eigenvalue weighted by molar-refractivity contribution is 7.54. The van der Waals surface area contributed by atoms with Gasteiger partial charge in [-0.3, -0.25) is 9.36 Å². The minimum absolute atomic E-state index is 0.159. The molecule has 1 aliphatic heterocycles. The molecule has 5 atom stereocenters. The zero-order chi connectivity index (χ0) is 25.9. The second kappa shape index (κ2) is 15.5. The van der Waals surface area contributed by atoms with Crippen LogP contribution in [-0.4, -0.2) is 74.4 Å². The summed E-state index contributed by atoms with van der Waals surface area (Å²) in [5.41, 5.74) is 0. The number of hydrogen-bond donors (Lipinski definition) is 0. The van der Waals surface area contributed by atoms with E-state index in [9.17, 15) is 9.36 Å². The molecule has 1 aliphatic rings. The zero-order valence-electron chi connectivity index (χ0n) is 21.8. The Morgan fingerprint density at radius 1 is 1.24 bits per heavy atom.